The minimum atomic E-state index is 0.363. The number of hydrogen-bond acceptors (Lipinski definition) is 5. The van der Waals surface area contributed by atoms with Gasteiger partial charge in [0.1, 0.15) is 12.1 Å². The molecule has 0 saturated carbocycles. The second-order valence-electron chi connectivity index (χ2n) is 4.29. The molecule has 0 atom stereocenters. The zero-order chi connectivity index (χ0) is 13.4. The highest BCUT2D eigenvalue weighted by Crippen LogP contribution is 2.24. The Labute approximate surface area is 114 Å². The van der Waals surface area contributed by atoms with Gasteiger partial charge in [-0.3, -0.25) is 0 Å². The number of benzene rings is 1. The standard InChI is InChI=1S/C12H12ClN5O/c1-7-2-8(13)3-10-12(7)19-11(15-10)6-18-5-9(4-14)16-17-18/h2-3,5H,4,6,14H2,1H3. The molecule has 0 fully saturated rings. The maximum Gasteiger partial charge on any atom is 0.217 e. The summed E-state index contributed by atoms with van der Waals surface area (Å²) in [6.07, 6.45) is 1.77. The van der Waals surface area contributed by atoms with E-state index in [0.717, 1.165) is 22.4 Å². The number of aromatic nitrogens is 4. The number of nitrogens with zero attached hydrogens (tertiary/aromatic N) is 4. The minimum absolute atomic E-state index is 0.363. The van der Waals surface area contributed by atoms with Gasteiger partial charge in [-0.2, -0.15) is 0 Å². The maximum atomic E-state index is 5.99. The lowest BCUT2D eigenvalue weighted by molar-refractivity contribution is 0.484. The summed E-state index contributed by atoms with van der Waals surface area (Å²) in [6.45, 7) is 2.71. The molecule has 0 aliphatic rings. The molecule has 0 amide bonds. The lowest BCUT2D eigenvalue weighted by Crippen LogP contribution is -2.00. The Morgan fingerprint density at radius 3 is 3.00 bits per heavy atom. The lowest BCUT2D eigenvalue weighted by atomic mass is 10.2. The van der Waals surface area contributed by atoms with E-state index in [-0.39, 0.29) is 0 Å². The topological polar surface area (TPSA) is 82.8 Å². The van der Waals surface area contributed by atoms with E-state index in [1.807, 2.05) is 13.0 Å². The molecule has 2 N–H and O–H groups in total. The predicted molar refractivity (Wildman–Crippen MR) is 70.8 cm³/mol. The van der Waals surface area contributed by atoms with Crippen molar-refractivity contribution in [1.29, 1.82) is 0 Å². The molecule has 2 heterocycles. The van der Waals surface area contributed by atoms with E-state index < -0.39 is 0 Å². The fraction of sp³-hybridized carbons (Fsp3) is 0.250. The van der Waals surface area contributed by atoms with E-state index in [9.17, 15) is 0 Å². The highest BCUT2D eigenvalue weighted by molar-refractivity contribution is 6.31. The summed E-state index contributed by atoms with van der Waals surface area (Å²) < 4.78 is 7.35. The van der Waals surface area contributed by atoms with Crippen LogP contribution in [0, 0.1) is 6.92 Å². The first-order chi connectivity index (χ1) is 9.15. The lowest BCUT2D eigenvalue weighted by Gasteiger charge is -1.94. The number of hydrogen-bond donors (Lipinski definition) is 1. The average molecular weight is 278 g/mol. The molecule has 0 radical (unpaired) electrons. The van der Waals surface area contributed by atoms with Crippen LogP contribution < -0.4 is 5.73 Å². The number of rotatable bonds is 3. The average Bonchev–Trinajstić information content (AvgIpc) is 2.96. The third-order valence-electron chi connectivity index (χ3n) is 2.78. The summed E-state index contributed by atoms with van der Waals surface area (Å²) in [7, 11) is 0. The SMILES string of the molecule is Cc1cc(Cl)cc2nc(Cn3cc(CN)nn3)oc12. The Morgan fingerprint density at radius 2 is 2.26 bits per heavy atom. The Bertz CT molecular complexity index is 733. The highest BCUT2D eigenvalue weighted by atomic mass is 35.5. The van der Waals surface area contributed by atoms with Crippen molar-refractivity contribution in [1.82, 2.24) is 20.0 Å². The van der Waals surface area contributed by atoms with Gasteiger partial charge in [-0.15, -0.1) is 5.10 Å². The Morgan fingerprint density at radius 1 is 1.42 bits per heavy atom. The molecule has 0 aliphatic heterocycles. The van der Waals surface area contributed by atoms with Crippen LogP contribution in [-0.4, -0.2) is 20.0 Å². The first-order valence-electron chi connectivity index (χ1n) is 5.80. The van der Waals surface area contributed by atoms with Gasteiger partial charge < -0.3 is 10.2 Å². The summed E-state index contributed by atoms with van der Waals surface area (Å²) in [6, 6.07) is 3.63. The number of nitrogens with two attached hydrogens (primary N) is 1. The molecular formula is C12H12ClN5O. The van der Waals surface area contributed by atoms with Crippen LogP contribution in [0.4, 0.5) is 0 Å². The van der Waals surface area contributed by atoms with Crippen molar-refractivity contribution in [2.75, 3.05) is 0 Å². The summed E-state index contributed by atoms with van der Waals surface area (Å²) in [5.41, 5.74) is 8.68. The van der Waals surface area contributed by atoms with E-state index in [2.05, 4.69) is 15.3 Å². The molecule has 7 heteroatoms. The second kappa shape index (κ2) is 4.64. The van der Waals surface area contributed by atoms with Crippen LogP contribution in [0.3, 0.4) is 0 Å². The molecule has 1 aromatic carbocycles. The third kappa shape index (κ3) is 2.32. The van der Waals surface area contributed by atoms with Crippen molar-refractivity contribution in [3.8, 4) is 0 Å². The first-order valence-corrected chi connectivity index (χ1v) is 6.18. The number of fused-ring (bicyclic) bond motifs is 1. The van der Waals surface area contributed by atoms with Crippen LogP contribution in [0.15, 0.2) is 22.7 Å². The first kappa shape index (κ1) is 12.1. The summed E-state index contributed by atoms with van der Waals surface area (Å²) in [5, 5.41) is 8.52. The highest BCUT2D eigenvalue weighted by Gasteiger charge is 2.10. The Hall–Kier alpha value is -1.92. The molecule has 3 aromatic rings. The van der Waals surface area contributed by atoms with Crippen LogP contribution >= 0.6 is 11.6 Å². The van der Waals surface area contributed by atoms with Gasteiger partial charge in [0.25, 0.3) is 0 Å². The van der Waals surface area contributed by atoms with Gasteiger partial charge in [0, 0.05) is 11.6 Å². The van der Waals surface area contributed by atoms with E-state index in [4.69, 9.17) is 21.8 Å². The van der Waals surface area contributed by atoms with E-state index in [0.29, 0.717) is 24.0 Å². The monoisotopic (exact) mass is 277 g/mol. The van der Waals surface area contributed by atoms with Crippen LogP contribution in [0.25, 0.3) is 11.1 Å². The van der Waals surface area contributed by atoms with Gasteiger partial charge in [-0.05, 0) is 24.6 Å². The summed E-state index contributed by atoms with van der Waals surface area (Å²) in [4.78, 5) is 4.39. The molecule has 0 saturated heterocycles. The fourth-order valence-electron chi connectivity index (χ4n) is 1.92. The van der Waals surface area contributed by atoms with Gasteiger partial charge in [0.15, 0.2) is 5.58 Å². The van der Waals surface area contributed by atoms with Crippen molar-refractivity contribution < 1.29 is 4.42 Å². The van der Waals surface area contributed by atoms with Crippen LogP contribution in [0.1, 0.15) is 17.1 Å². The molecular weight excluding hydrogens is 266 g/mol. The fourth-order valence-corrected chi connectivity index (χ4v) is 2.19. The van der Waals surface area contributed by atoms with Gasteiger partial charge in [-0.1, -0.05) is 16.8 Å². The van der Waals surface area contributed by atoms with Crippen LogP contribution in [-0.2, 0) is 13.1 Å². The normalized spacial score (nSPS) is 11.3. The van der Waals surface area contributed by atoms with Crippen molar-refractivity contribution in [3.63, 3.8) is 0 Å². The molecule has 3 rings (SSSR count). The molecule has 0 spiro atoms. The number of halogens is 1. The third-order valence-corrected chi connectivity index (χ3v) is 3.00. The smallest absolute Gasteiger partial charge is 0.217 e. The molecule has 2 aromatic heterocycles. The van der Waals surface area contributed by atoms with Gasteiger partial charge in [0.05, 0.1) is 11.9 Å². The minimum Gasteiger partial charge on any atom is -0.438 e. The predicted octanol–water partition coefficient (Wildman–Crippen LogP) is 1.89. The number of aryl methyl sites for hydroxylation is 1. The quantitative estimate of drug-likeness (QED) is 0.790. The molecule has 6 nitrogen and oxygen atoms in total. The van der Waals surface area contributed by atoms with Gasteiger partial charge >= 0.3 is 0 Å². The van der Waals surface area contributed by atoms with E-state index in [1.54, 1.807) is 16.9 Å². The largest absolute Gasteiger partial charge is 0.438 e. The zero-order valence-electron chi connectivity index (χ0n) is 10.3. The van der Waals surface area contributed by atoms with Crippen molar-refractivity contribution in [2.45, 2.75) is 20.0 Å². The molecule has 0 unspecified atom stereocenters. The maximum absolute atomic E-state index is 5.99. The van der Waals surface area contributed by atoms with Crippen molar-refractivity contribution in [2.24, 2.45) is 5.73 Å². The van der Waals surface area contributed by atoms with Gasteiger partial charge in [-0.25, -0.2) is 9.67 Å². The van der Waals surface area contributed by atoms with Crippen LogP contribution in [0.2, 0.25) is 5.02 Å². The summed E-state index contributed by atoms with van der Waals surface area (Å²) >= 11 is 5.99. The molecule has 98 valence electrons. The van der Waals surface area contributed by atoms with Gasteiger partial charge in [0.2, 0.25) is 5.89 Å². The number of oxazole rings is 1. The molecule has 0 bridgehead atoms. The van der Waals surface area contributed by atoms with E-state index in [1.165, 1.54) is 0 Å². The Balaban J connectivity index is 1.95. The van der Waals surface area contributed by atoms with Crippen molar-refractivity contribution >= 4 is 22.7 Å². The second-order valence-corrected chi connectivity index (χ2v) is 4.73. The van der Waals surface area contributed by atoms with Crippen molar-refractivity contribution in [3.05, 3.63) is 40.5 Å². The van der Waals surface area contributed by atoms with Crippen LogP contribution in [0.5, 0.6) is 0 Å². The summed E-state index contributed by atoms with van der Waals surface area (Å²) in [5.74, 6) is 0.564. The molecule has 19 heavy (non-hydrogen) atoms. The zero-order valence-corrected chi connectivity index (χ0v) is 11.1. The Kier molecular flexibility index (Phi) is 2.96. The molecule has 0 aliphatic carbocycles. The van der Waals surface area contributed by atoms with E-state index >= 15 is 0 Å².